The minimum Gasteiger partial charge on any atom is -0.497 e. The van der Waals surface area contributed by atoms with E-state index in [2.05, 4.69) is 64.3 Å². The van der Waals surface area contributed by atoms with E-state index >= 15 is 0 Å². The van der Waals surface area contributed by atoms with Crippen LogP contribution in [0.2, 0.25) is 0 Å². The number of hydrogen-bond donors (Lipinski definition) is 0. The average molecular weight is 449 g/mol. The topological polar surface area (TPSA) is 34.1 Å². The zero-order valence-corrected chi connectivity index (χ0v) is 17.9. The summed E-state index contributed by atoms with van der Waals surface area (Å²) in [6.45, 7) is 2.09. The lowest BCUT2D eigenvalue weighted by molar-refractivity contribution is -0.0190. The van der Waals surface area contributed by atoms with Crippen LogP contribution in [0.5, 0.6) is 11.5 Å². The Morgan fingerprint density at radius 3 is 2.69 bits per heavy atom. The van der Waals surface area contributed by atoms with Crippen LogP contribution in [0.4, 0.5) is 0 Å². The fourth-order valence-corrected chi connectivity index (χ4v) is 4.37. The molecule has 2 atom stereocenters. The zero-order chi connectivity index (χ0) is 20.0. The van der Waals surface area contributed by atoms with Gasteiger partial charge in [0.2, 0.25) is 6.23 Å². The van der Waals surface area contributed by atoms with Crippen molar-refractivity contribution in [2.75, 3.05) is 7.11 Å². The van der Waals surface area contributed by atoms with Crippen molar-refractivity contribution in [1.82, 2.24) is 5.01 Å². The van der Waals surface area contributed by atoms with Gasteiger partial charge in [0.25, 0.3) is 0 Å². The molecule has 4 nitrogen and oxygen atoms in total. The molecule has 0 saturated carbocycles. The van der Waals surface area contributed by atoms with Gasteiger partial charge in [-0.1, -0.05) is 57.9 Å². The molecule has 5 rings (SSSR count). The van der Waals surface area contributed by atoms with Gasteiger partial charge in [-0.3, -0.25) is 0 Å². The summed E-state index contributed by atoms with van der Waals surface area (Å²) in [6, 6.07) is 22.9. The van der Waals surface area contributed by atoms with Gasteiger partial charge in [-0.05, 0) is 37.3 Å². The molecule has 2 aliphatic heterocycles. The highest BCUT2D eigenvalue weighted by Gasteiger charge is 2.41. The molecule has 0 aliphatic carbocycles. The fourth-order valence-electron chi connectivity index (χ4n) is 3.99. The first-order valence-electron chi connectivity index (χ1n) is 9.65. The summed E-state index contributed by atoms with van der Waals surface area (Å²) in [7, 11) is 1.69. The Bertz CT molecular complexity index is 1090. The van der Waals surface area contributed by atoms with Crippen LogP contribution in [0, 0.1) is 6.92 Å². The molecule has 0 aromatic heterocycles. The lowest BCUT2D eigenvalue weighted by atomic mass is 9.96. The van der Waals surface area contributed by atoms with Crippen molar-refractivity contribution in [2.24, 2.45) is 5.10 Å². The SMILES string of the molecule is COc1cccc(C2=NN3[C@H](C2)c2cc(Br)ccc2O[C@@H]3c2ccc(C)cc2)c1. The number of fused-ring (bicyclic) bond motifs is 3. The molecule has 0 saturated heterocycles. The van der Waals surface area contributed by atoms with Crippen molar-refractivity contribution in [3.63, 3.8) is 0 Å². The van der Waals surface area contributed by atoms with E-state index in [4.69, 9.17) is 14.6 Å². The normalized spacial score (nSPS) is 19.8. The van der Waals surface area contributed by atoms with E-state index in [0.29, 0.717) is 0 Å². The van der Waals surface area contributed by atoms with Crippen LogP contribution in [0.15, 0.2) is 76.3 Å². The molecule has 146 valence electrons. The van der Waals surface area contributed by atoms with Gasteiger partial charge < -0.3 is 9.47 Å². The van der Waals surface area contributed by atoms with Gasteiger partial charge in [-0.2, -0.15) is 5.10 Å². The molecular formula is C24H21BrN2O2. The first-order chi connectivity index (χ1) is 14.1. The summed E-state index contributed by atoms with van der Waals surface area (Å²) < 4.78 is 12.9. The Labute approximate surface area is 178 Å². The molecule has 2 heterocycles. The third kappa shape index (κ3) is 3.29. The number of rotatable bonds is 3. The Morgan fingerprint density at radius 1 is 1.07 bits per heavy atom. The maximum atomic E-state index is 6.43. The van der Waals surface area contributed by atoms with Crippen LogP contribution in [-0.2, 0) is 0 Å². The third-order valence-electron chi connectivity index (χ3n) is 5.52. The van der Waals surface area contributed by atoms with Gasteiger partial charge >= 0.3 is 0 Å². The summed E-state index contributed by atoms with van der Waals surface area (Å²) in [6.07, 6.45) is 0.569. The van der Waals surface area contributed by atoms with E-state index in [1.54, 1.807) is 7.11 Å². The number of hydrogen-bond acceptors (Lipinski definition) is 4. The summed E-state index contributed by atoms with van der Waals surface area (Å²) in [5.41, 5.74) is 5.61. The van der Waals surface area contributed by atoms with Crippen LogP contribution in [-0.4, -0.2) is 17.8 Å². The molecule has 3 aromatic carbocycles. The van der Waals surface area contributed by atoms with Crippen molar-refractivity contribution in [1.29, 1.82) is 0 Å². The molecule has 0 amide bonds. The Morgan fingerprint density at radius 2 is 1.90 bits per heavy atom. The minimum absolute atomic E-state index is 0.128. The van der Waals surface area contributed by atoms with Crippen molar-refractivity contribution >= 4 is 21.6 Å². The van der Waals surface area contributed by atoms with E-state index in [-0.39, 0.29) is 12.3 Å². The van der Waals surface area contributed by atoms with E-state index in [1.807, 2.05) is 30.3 Å². The minimum atomic E-state index is -0.252. The smallest absolute Gasteiger partial charge is 0.213 e. The van der Waals surface area contributed by atoms with E-state index < -0.39 is 0 Å². The van der Waals surface area contributed by atoms with Gasteiger partial charge in [0.1, 0.15) is 11.5 Å². The Kier molecular flexibility index (Phi) is 4.55. The number of nitrogens with zero attached hydrogens (tertiary/aromatic N) is 2. The molecule has 0 bridgehead atoms. The van der Waals surface area contributed by atoms with Crippen LogP contribution >= 0.6 is 15.9 Å². The van der Waals surface area contributed by atoms with Gasteiger partial charge in [0.05, 0.1) is 18.9 Å². The van der Waals surface area contributed by atoms with Gasteiger partial charge in [0, 0.05) is 27.6 Å². The second kappa shape index (κ2) is 7.23. The molecule has 29 heavy (non-hydrogen) atoms. The quantitative estimate of drug-likeness (QED) is 0.491. The maximum absolute atomic E-state index is 6.43. The van der Waals surface area contributed by atoms with Crippen molar-refractivity contribution < 1.29 is 9.47 Å². The molecule has 0 spiro atoms. The molecule has 5 heteroatoms. The van der Waals surface area contributed by atoms with Gasteiger partial charge in [-0.25, -0.2) is 5.01 Å². The fraction of sp³-hybridized carbons (Fsp3) is 0.208. The summed E-state index contributed by atoms with van der Waals surface area (Å²) in [4.78, 5) is 0. The average Bonchev–Trinajstić information content (AvgIpc) is 3.20. The van der Waals surface area contributed by atoms with Crippen molar-refractivity contribution in [3.8, 4) is 11.5 Å². The van der Waals surface area contributed by atoms with E-state index in [0.717, 1.165) is 44.8 Å². The first kappa shape index (κ1) is 18.3. The van der Waals surface area contributed by atoms with Crippen LogP contribution in [0.25, 0.3) is 0 Å². The van der Waals surface area contributed by atoms with Crippen LogP contribution < -0.4 is 9.47 Å². The zero-order valence-electron chi connectivity index (χ0n) is 16.3. The third-order valence-corrected chi connectivity index (χ3v) is 6.01. The summed E-state index contributed by atoms with van der Waals surface area (Å²) >= 11 is 3.61. The molecule has 2 aliphatic rings. The Balaban J connectivity index is 1.59. The van der Waals surface area contributed by atoms with E-state index in [9.17, 15) is 0 Å². The summed E-state index contributed by atoms with van der Waals surface area (Å²) in [5, 5.41) is 7.12. The van der Waals surface area contributed by atoms with Crippen LogP contribution in [0.3, 0.4) is 0 Å². The monoisotopic (exact) mass is 448 g/mol. The lowest BCUT2D eigenvalue weighted by Gasteiger charge is -2.38. The van der Waals surface area contributed by atoms with Crippen molar-refractivity contribution in [3.05, 3.63) is 93.5 Å². The molecule has 0 N–H and O–H groups in total. The number of benzene rings is 3. The number of aryl methyl sites for hydroxylation is 1. The lowest BCUT2D eigenvalue weighted by Crippen LogP contribution is -2.33. The Hall–Kier alpha value is -2.79. The first-order valence-corrected chi connectivity index (χ1v) is 10.4. The number of ether oxygens (including phenoxy) is 2. The van der Waals surface area contributed by atoms with Gasteiger partial charge in [-0.15, -0.1) is 0 Å². The summed E-state index contributed by atoms with van der Waals surface area (Å²) in [5.74, 6) is 1.76. The predicted molar refractivity (Wildman–Crippen MR) is 117 cm³/mol. The van der Waals surface area contributed by atoms with E-state index in [1.165, 1.54) is 5.56 Å². The molecule has 0 radical (unpaired) electrons. The predicted octanol–water partition coefficient (Wildman–Crippen LogP) is 6.01. The maximum Gasteiger partial charge on any atom is 0.213 e. The molecular weight excluding hydrogens is 428 g/mol. The number of hydrazone groups is 1. The molecule has 0 fully saturated rings. The highest BCUT2D eigenvalue weighted by Crippen LogP contribution is 2.48. The standard InChI is InChI=1S/C24H21BrN2O2/c1-15-6-8-16(9-7-15)24-27-22(20-13-18(25)10-11-23(20)29-24)14-21(26-27)17-4-3-5-19(12-17)28-2/h3-13,22,24H,14H2,1-2H3/t22-,24-/m1/s1. The van der Waals surface area contributed by atoms with Gasteiger partial charge in [0.15, 0.2) is 0 Å². The highest BCUT2D eigenvalue weighted by atomic mass is 79.9. The number of methoxy groups -OCH3 is 1. The van der Waals surface area contributed by atoms with Crippen LogP contribution in [0.1, 0.15) is 40.9 Å². The molecule has 3 aromatic rings. The molecule has 0 unspecified atom stereocenters. The number of halogens is 1. The largest absolute Gasteiger partial charge is 0.497 e. The second-order valence-electron chi connectivity index (χ2n) is 7.44. The van der Waals surface area contributed by atoms with Crippen molar-refractivity contribution in [2.45, 2.75) is 25.6 Å². The second-order valence-corrected chi connectivity index (χ2v) is 8.36. The highest BCUT2D eigenvalue weighted by molar-refractivity contribution is 9.10.